The smallest absolute Gasteiger partial charge is 0.191 e. The van der Waals surface area contributed by atoms with E-state index in [1.165, 1.54) is 5.56 Å². The molecule has 2 rings (SSSR count). The fourth-order valence-corrected chi connectivity index (χ4v) is 2.80. The quantitative estimate of drug-likeness (QED) is 0.625. The van der Waals surface area contributed by atoms with Crippen molar-refractivity contribution in [1.82, 2.24) is 10.6 Å². The Labute approximate surface area is 139 Å². The van der Waals surface area contributed by atoms with E-state index in [4.69, 9.17) is 9.47 Å². The number of rotatable bonds is 6. The van der Waals surface area contributed by atoms with Crippen LogP contribution in [0.3, 0.4) is 0 Å². The Hall–Kier alpha value is -1.75. The SMILES string of the molecule is CCNC(=NCc1ccc(OC)c(C)c1)NCC1(C)CCCO1. The Morgan fingerprint density at radius 1 is 1.39 bits per heavy atom. The van der Waals surface area contributed by atoms with Gasteiger partial charge in [0.15, 0.2) is 5.96 Å². The number of hydrogen-bond acceptors (Lipinski definition) is 3. The van der Waals surface area contributed by atoms with E-state index in [1.807, 2.05) is 13.0 Å². The minimum Gasteiger partial charge on any atom is -0.496 e. The molecule has 5 nitrogen and oxygen atoms in total. The van der Waals surface area contributed by atoms with Crippen molar-refractivity contribution >= 4 is 5.96 Å². The first-order valence-corrected chi connectivity index (χ1v) is 8.36. The highest BCUT2D eigenvalue weighted by Gasteiger charge is 2.29. The average molecular weight is 319 g/mol. The Morgan fingerprint density at radius 2 is 2.22 bits per heavy atom. The molecule has 2 N–H and O–H groups in total. The number of nitrogens with zero attached hydrogens (tertiary/aromatic N) is 1. The first-order chi connectivity index (χ1) is 11.1. The molecule has 128 valence electrons. The van der Waals surface area contributed by atoms with E-state index in [9.17, 15) is 0 Å². The lowest BCUT2D eigenvalue weighted by atomic mass is 10.0. The third-order valence-electron chi connectivity index (χ3n) is 4.15. The maximum absolute atomic E-state index is 5.81. The predicted octanol–water partition coefficient (Wildman–Crippen LogP) is 2.63. The summed E-state index contributed by atoms with van der Waals surface area (Å²) >= 11 is 0. The van der Waals surface area contributed by atoms with Crippen molar-refractivity contribution in [3.05, 3.63) is 29.3 Å². The fraction of sp³-hybridized carbons (Fsp3) is 0.611. The lowest BCUT2D eigenvalue weighted by molar-refractivity contribution is 0.0243. The van der Waals surface area contributed by atoms with Crippen LogP contribution >= 0.6 is 0 Å². The maximum Gasteiger partial charge on any atom is 0.191 e. The molecule has 0 spiro atoms. The largest absolute Gasteiger partial charge is 0.496 e. The second-order valence-electron chi connectivity index (χ2n) is 6.25. The van der Waals surface area contributed by atoms with Crippen LogP contribution in [-0.4, -0.2) is 38.4 Å². The molecular weight excluding hydrogens is 290 g/mol. The minimum absolute atomic E-state index is 0.0765. The van der Waals surface area contributed by atoms with Crippen molar-refractivity contribution in [3.63, 3.8) is 0 Å². The summed E-state index contributed by atoms with van der Waals surface area (Å²) in [5, 5.41) is 6.69. The van der Waals surface area contributed by atoms with Crippen LogP contribution in [0.1, 0.15) is 37.8 Å². The van der Waals surface area contributed by atoms with Crippen LogP contribution in [0, 0.1) is 6.92 Å². The van der Waals surface area contributed by atoms with Gasteiger partial charge in [-0.05, 0) is 50.8 Å². The van der Waals surface area contributed by atoms with Gasteiger partial charge in [0.05, 0.1) is 19.3 Å². The fourth-order valence-electron chi connectivity index (χ4n) is 2.80. The monoisotopic (exact) mass is 319 g/mol. The van der Waals surface area contributed by atoms with Crippen molar-refractivity contribution in [3.8, 4) is 5.75 Å². The Kier molecular flexibility index (Phi) is 6.28. The molecule has 1 fully saturated rings. The van der Waals surface area contributed by atoms with Crippen LogP contribution < -0.4 is 15.4 Å². The number of guanidine groups is 1. The highest BCUT2D eigenvalue weighted by Crippen LogP contribution is 2.23. The van der Waals surface area contributed by atoms with E-state index in [0.29, 0.717) is 6.54 Å². The second kappa shape index (κ2) is 8.20. The van der Waals surface area contributed by atoms with Crippen molar-refractivity contribution in [1.29, 1.82) is 0 Å². The zero-order valence-electron chi connectivity index (χ0n) is 14.7. The summed E-state index contributed by atoms with van der Waals surface area (Å²) < 4.78 is 11.1. The molecule has 0 bridgehead atoms. The third-order valence-corrected chi connectivity index (χ3v) is 4.15. The number of aliphatic imine (C=N–C) groups is 1. The van der Waals surface area contributed by atoms with Crippen LogP contribution in [0.25, 0.3) is 0 Å². The number of methoxy groups -OCH3 is 1. The van der Waals surface area contributed by atoms with Crippen molar-refractivity contribution in [2.24, 2.45) is 4.99 Å². The number of hydrogen-bond donors (Lipinski definition) is 2. The lowest BCUT2D eigenvalue weighted by Gasteiger charge is -2.24. The van der Waals surface area contributed by atoms with E-state index < -0.39 is 0 Å². The summed E-state index contributed by atoms with van der Waals surface area (Å²) in [7, 11) is 1.69. The van der Waals surface area contributed by atoms with Gasteiger partial charge in [0.25, 0.3) is 0 Å². The van der Waals surface area contributed by atoms with Crippen molar-refractivity contribution < 1.29 is 9.47 Å². The molecule has 1 unspecified atom stereocenters. The molecule has 1 aromatic rings. The zero-order chi connectivity index (χ0) is 16.7. The summed E-state index contributed by atoms with van der Waals surface area (Å²) in [5.74, 6) is 1.74. The van der Waals surface area contributed by atoms with Crippen LogP contribution in [0.15, 0.2) is 23.2 Å². The van der Waals surface area contributed by atoms with E-state index in [0.717, 1.165) is 49.8 Å². The molecule has 1 aromatic carbocycles. The van der Waals surface area contributed by atoms with Crippen molar-refractivity contribution in [2.75, 3.05) is 26.8 Å². The van der Waals surface area contributed by atoms with E-state index in [2.05, 4.69) is 41.6 Å². The van der Waals surface area contributed by atoms with Gasteiger partial charge in [0.1, 0.15) is 5.75 Å². The molecule has 0 aromatic heterocycles. The van der Waals surface area contributed by atoms with Crippen LogP contribution in [-0.2, 0) is 11.3 Å². The van der Waals surface area contributed by atoms with Gasteiger partial charge < -0.3 is 20.1 Å². The van der Waals surface area contributed by atoms with E-state index in [1.54, 1.807) is 7.11 Å². The molecule has 5 heteroatoms. The first kappa shape index (κ1) is 17.6. The van der Waals surface area contributed by atoms with Crippen LogP contribution in [0.5, 0.6) is 5.75 Å². The van der Waals surface area contributed by atoms with Gasteiger partial charge in [0, 0.05) is 19.7 Å². The average Bonchev–Trinajstić information content (AvgIpc) is 2.97. The second-order valence-corrected chi connectivity index (χ2v) is 6.25. The van der Waals surface area contributed by atoms with Gasteiger partial charge in [-0.1, -0.05) is 12.1 Å². The first-order valence-electron chi connectivity index (χ1n) is 8.36. The normalized spacial score (nSPS) is 21.3. The molecule has 0 amide bonds. The lowest BCUT2D eigenvalue weighted by Crippen LogP contribution is -2.45. The molecule has 0 radical (unpaired) electrons. The Bertz CT molecular complexity index is 537. The van der Waals surface area contributed by atoms with Gasteiger partial charge in [-0.15, -0.1) is 0 Å². The van der Waals surface area contributed by atoms with Gasteiger partial charge in [-0.3, -0.25) is 0 Å². The number of ether oxygens (including phenoxy) is 2. The molecule has 1 heterocycles. The molecule has 0 aliphatic carbocycles. The topological polar surface area (TPSA) is 54.9 Å². The van der Waals surface area contributed by atoms with Crippen LogP contribution in [0.4, 0.5) is 0 Å². The molecule has 1 aliphatic heterocycles. The molecule has 1 saturated heterocycles. The minimum atomic E-state index is -0.0765. The van der Waals surface area contributed by atoms with Crippen molar-refractivity contribution in [2.45, 2.75) is 45.8 Å². The van der Waals surface area contributed by atoms with E-state index in [-0.39, 0.29) is 5.60 Å². The molecule has 1 aliphatic rings. The highest BCUT2D eigenvalue weighted by molar-refractivity contribution is 5.79. The maximum atomic E-state index is 5.81. The summed E-state index contributed by atoms with van der Waals surface area (Å²) in [4.78, 5) is 4.67. The van der Waals surface area contributed by atoms with Gasteiger partial charge in [0.2, 0.25) is 0 Å². The number of aryl methyl sites for hydroxylation is 1. The Balaban J connectivity index is 1.96. The molecule has 1 atom stereocenters. The number of nitrogens with one attached hydrogen (secondary N) is 2. The summed E-state index contributed by atoms with van der Waals surface area (Å²) in [6, 6.07) is 6.17. The third kappa shape index (κ3) is 5.13. The van der Waals surface area contributed by atoms with Gasteiger partial charge in [-0.2, -0.15) is 0 Å². The standard InChI is InChI=1S/C18H29N3O2/c1-5-19-17(21-13-18(3)9-6-10-23-18)20-12-15-7-8-16(22-4)14(2)11-15/h7-8,11H,5-6,9-10,12-13H2,1-4H3,(H2,19,20,21). The van der Waals surface area contributed by atoms with Crippen LogP contribution in [0.2, 0.25) is 0 Å². The van der Waals surface area contributed by atoms with Gasteiger partial charge in [-0.25, -0.2) is 4.99 Å². The number of benzene rings is 1. The molecule has 0 saturated carbocycles. The zero-order valence-corrected chi connectivity index (χ0v) is 14.7. The predicted molar refractivity (Wildman–Crippen MR) is 94.1 cm³/mol. The molecule has 23 heavy (non-hydrogen) atoms. The molecular formula is C18H29N3O2. The summed E-state index contributed by atoms with van der Waals surface area (Å²) in [6.07, 6.45) is 2.23. The Morgan fingerprint density at radius 3 is 2.83 bits per heavy atom. The van der Waals surface area contributed by atoms with E-state index >= 15 is 0 Å². The van der Waals surface area contributed by atoms with Gasteiger partial charge >= 0.3 is 0 Å². The highest BCUT2D eigenvalue weighted by atomic mass is 16.5. The summed E-state index contributed by atoms with van der Waals surface area (Å²) in [6.45, 7) is 9.39. The summed E-state index contributed by atoms with van der Waals surface area (Å²) in [5.41, 5.74) is 2.22.